The highest BCUT2D eigenvalue weighted by Crippen LogP contribution is 2.31. The van der Waals surface area contributed by atoms with Crippen LogP contribution in [0.4, 0.5) is 4.79 Å². The number of hydrogen-bond donors (Lipinski definition) is 3. The summed E-state index contributed by atoms with van der Waals surface area (Å²) < 4.78 is 0. The first-order valence-corrected chi connectivity index (χ1v) is 4.17. The Morgan fingerprint density at radius 1 is 1.38 bits per heavy atom. The second-order valence-electron chi connectivity index (χ2n) is 4.27. The quantitative estimate of drug-likeness (QED) is 0.485. The molecule has 0 spiro atoms. The van der Waals surface area contributed by atoms with E-state index in [1.165, 1.54) is 0 Å². The highest BCUT2D eigenvalue weighted by molar-refractivity contribution is 6.07. The van der Waals surface area contributed by atoms with Gasteiger partial charge in [-0.05, 0) is 5.41 Å². The number of carbonyl (C=O) groups excluding carboxylic acids is 2. The fourth-order valence-electron chi connectivity index (χ4n) is 1.47. The van der Waals surface area contributed by atoms with Gasteiger partial charge in [-0.1, -0.05) is 20.8 Å². The molecule has 0 saturated carbocycles. The fraction of sp³-hybridized carbons (Fsp3) is 0.750. The molecule has 0 aliphatic carbocycles. The molecule has 0 bridgehead atoms. The van der Waals surface area contributed by atoms with E-state index in [1.807, 2.05) is 20.8 Å². The van der Waals surface area contributed by atoms with Crippen molar-refractivity contribution in [3.8, 4) is 0 Å². The van der Waals surface area contributed by atoms with Crippen molar-refractivity contribution in [1.29, 1.82) is 0 Å². The molecule has 1 atom stereocenters. The van der Waals surface area contributed by atoms with Crippen LogP contribution in [0.2, 0.25) is 0 Å². The molecule has 0 aromatic rings. The summed E-state index contributed by atoms with van der Waals surface area (Å²) in [5.74, 6) is -0.340. The van der Waals surface area contributed by atoms with Crippen LogP contribution in [0.5, 0.6) is 0 Å². The Balaban J connectivity index is 3.08. The monoisotopic (exact) mass is 185 g/mol. The zero-order chi connectivity index (χ0) is 10.3. The van der Waals surface area contributed by atoms with E-state index in [1.54, 1.807) is 0 Å². The van der Waals surface area contributed by atoms with Crippen molar-refractivity contribution in [3.63, 3.8) is 0 Å². The molecule has 5 heteroatoms. The van der Waals surface area contributed by atoms with Gasteiger partial charge >= 0.3 is 6.03 Å². The van der Waals surface area contributed by atoms with Crippen molar-refractivity contribution in [2.45, 2.75) is 26.3 Å². The summed E-state index contributed by atoms with van der Waals surface area (Å²) in [6.07, 6.45) is 0. The third-order valence-corrected chi connectivity index (χ3v) is 2.53. The summed E-state index contributed by atoms with van der Waals surface area (Å²) in [5, 5.41) is 4.78. The van der Waals surface area contributed by atoms with Crippen LogP contribution in [0, 0.1) is 5.41 Å². The molecule has 0 aromatic heterocycles. The van der Waals surface area contributed by atoms with Crippen molar-refractivity contribution in [1.82, 2.24) is 10.6 Å². The molecule has 0 aromatic carbocycles. The van der Waals surface area contributed by atoms with Crippen molar-refractivity contribution in [2.24, 2.45) is 11.1 Å². The zero-order valence-corrected chi connectivity index (χ0v) is 8.10. The Labute approximate surface area is 77.1 Å². The third kappa shape index (κ3) is 1.29. The van der Waals surface area contributed by atoms with Gasteiger partial charge in [0.1, 0.15) is 5.54 Å². The molecular weight excluding hydrogens is 170 g/mol. The molecule has 0 radical (unpaired) electrons. The highest BCUT2D eigenvalue weighted by Gasteiger charge is 2.53. The maximum Gasteiger partial charge on any atom is 0.322 e. The summed E-state index contributed by atoms with van der Waals surface area (Å²) >= 11 is 0. The van der Waals surface area contributed by atoms with Crippen molar-refractivity contribution < 1.29 is 9.59 Å². The summed E-state index contributed by atoms with van der Waals surface area (Å²) in [6.45, 7) is 5.70. The lowest BCUT2D eigenvalue weighted by atomic mass is 9.73. The highest BCUT2D eigenvalue weighted by atomic mass is 16.2. The van der Waals surface area contributed by atoms with Crippen molar-refractivity contribution in [3.05, 3.63) is 0 Å². The van der Waals surface area contributed by atoms with Gasteiger partial charge in [0.15, 0.2) is 0 Å². The molecule has 1 saturated heterocycles. The Morgan fingerprint density at radius 2 is 1.92 bits per heavy atom. The molecule has 1 aliphatic heterocycles. The normalized spacial score (nSPS) is 28.6. The molecule has 1 aliphatic rings. The average Bonchev–Trinajstić information content (AvgIpc) is 2.25. The first kappa shape index (κ1) is 9.98. The van der Waals surface area contributed by atoms with E-state index in [0.29, 0.717) is 0 Å². The predicted molar refractivity (Wildman–Crippen MR) is 47.9 cm³/mol. The van der Waals surface area contributed by atoms with Crippen LogP contribution >= 0.6 is 0 Å². The Hall–Kier alpha value is -1.10. The van der Waals surface area contributed by atoms with E-state index >= 15 is 0 Å². The lowest BCUT2D eigenvalue weighted by Crippen LogP contribution is -2.61. The van der Waals surface area contributed by atoms with Crippen molar-refractivity contribution in [2.75, 3.05) is 6.54 Å². The number of carbonyl (C=O) groups is 2. The third-order valence-electron chi connectivity index (χ3n) is 2.53. The summed E-state index contributed by atoms with van der Waals surface area (Å²) in [7, 11) is 0. The summed E-state index contributed by atoms with van der Waals surface area (Å²) in [5.41, 5.74) is 4.17. The molecule has 1 unspecified atom stereocenters. The number of rotatable bonds is 1. The molecule has 1 fully saturated rings. The van der Waals surface area contributed by atoms with Crippen LogP contribution in [0.3, 0.4) is 0 Å². The zero-order valence-electron chi connectivity index (χ0n) is 8.10. The molecule has 5 nitrogen and oxygen atoms in total. The molecule has 3 amide bonds. The minimum absolute atomic E-state index is 0.105. The molecular formula is C8H15N3O2. The first-order valence-electron chi connectivity index (χ1n) is 4.17. The SMILES string of the molecule is CC(C)(C)C1(CN)NC(=O)NC1=O. The van der Waals surface area contributed by atoms with Crippen molar-refractivity contribution >= 4 is 11.9 Å². The number of hydrogen-bond acceptors (Lipinski definition) is 3. The Bertz CT molecular complexity index is 257. The Morgan fingerprint density at radius 3 is 2.08 bits per heavy atom. The van der Waals surface area contributed by atoms with Gasteiger partial charge < -0.3 is 11.1 Å². The maximum atomic E-state index is 11.5. The molecule has 1 rings (SSSR count). The van der Waals surface area contributed by atoms with Crippen LogP contribution in [-0.4, -0.2) is 24.0 Å². The maximum absolute atomic E-state index is 11.5. The predicted octanol–water partition coefficient (Wildman–Crippen LogP) is -0.431. The van der Waals surface area contributed by atoms with E-state index < -0.39 is 17.0 Å². The largest absolute Gasteiger partial charge is 0.328 e. The minimum Gasteiger partial charge on any atom is -0.328 e. The minimum atomic E-state index is -0.968. The first-order chi connectivity index (χ1) is 5.83. The number of imide groups is 1. The Kier molecular flexibility index (Phi) is 2.07. The number of nitrogens with one attached hydrogen (secondary N) is 2. The van der Waals surface area contributed by atoms with Gasteiger partial charge in [0.25, 0.3) is 5.91 Å². The van der Waals surface area contributed by atoms with Gasteiger partial charge in [-0.25, -0.2) is 4.79 Å². The van der Waals surface area contributed by atoms with E-state index in [0.717, 1.165) is 0 Å². The second-order valence-corrected chi connectivity index (χ2v) is 4.27. The number of nitrogens with two attached hydrogens (primary N) is 1. The van der Waals surface area contributed by atoms with E-state index in [2.05, 4.69) is 10.6 Å². The summed E-state index contributed by atoms with van der Waals surface area (Å²) in [4.78, 5) is 22.5. The topological polar surface area (TPSA) is 84.2 Å². The van der Waals surface area contributed by atoms with Crippen LogP contribution in [0.1, 0.15) is 20.8 Å². The van der Waals surface area contributed by atoms with Gasteiger partial charge in [0.05, 0.1) is 0 Å². The number of urea groups is 1. The van der Waals surface area contributed by atoms with Crippen LogP contribution < -0.4 is 16.4 Å². The van der Waals surface area contributed by atoms with Crippen LogP contribution in [0.15, 0.2) is 0 Å². The molecule has 4 N–H and O–H groups in total. The van der Waals surface area contributed by atoms with Gasteiger partial charge in [-0.2, -0.15) is 0 Å². The standard InChI is InChI=1S/C8H15N3O2/c1-7(2,3)8(4-9)5(12)10-6(13)11-8/h4,9H2,1-3H3,(H2,10,11,12,13). The molecule has 13 heavy (non-hydrogen) atoms. The average molecular weight is 185 g/mol. The van der Waals surface area contributed by atoms with Gasteiger partial charge in [-0.3, -0.25) is 10.1 Å². The lowest BCUT2D eigenvalue weighted by Gasteiger charge is -2.37. The van der Waals surface area contributed by atoms with E-state index in [-0.39, 0.29) is 12.5 Å². The summed E-state index contributed by atoms with van der Waals surface area (Å²) in [6, 6.07) is -0.467. The van der Waals surface area contributed by atoms with Gasteiger partial charge in [0.2, 0.25) is 0 Å². The van der Waals surface area contributed by atoms with Gasteiger partial charge in [0, 0.05) is 6.54 Å². The van der Waals surface area contributed by atoms with Crippen LogP contribution in [-0.2, 0) is 4.79 Å². The lowest BCUT2D eigenvalue weighted by molar-refractivity contribution is -0.127. The van der Waals surface area contributed by atoms with E-state index in [9.17, 15) is 9.59 Å². The van der Waals surface area contributed by atoms with Crippen LogP contribution in [0.25, 0.3) is 0 Å². The van der Waals surface area contributed by atoms with Gasteiger partial charge in [-0.15, -0.1) is 0 Å². The fourth-order valence-corrected chi connectivity index (χ4v) is 1.47. The second kappa shape index (κ2) is 2.70. The van der Waals surface area contributed by atoms with E-state index in [4.69, 9.17) is 5.73 Å². The number of amides is 3. The molecule has 74 valence electrons. The smallest absolute Gasteiger partial charge is 0.322 e. The molecule has 1 heterocycles.